The van der Waals surface area contributed by atoms with Crippen LogP contribution in [0.2, 0.25) is 0 Å². The van der Waals surface area contributed by atoms with Gasteiger partial charge in [0.05, 0.1) is 24.1 Å². The summed E-state index contributed by atoms with van der Waals surface area (Å²) in [5.41, 5.74) is 1.59. The third-order valence-electron chi connectivity index (χ3n) is 4.97. The molecule has 2 amide bonds. The van der Waals surface area contributed by atoms with Crippen molar-refractivity contribution >= 4 is 39.6 Å². The molecule has 2 heterocycles. The maximum absolute atomic E-state index is 12.6. The zero-order chi connectivity index (χ0) is 19.4. The molecule has 1 aromatic carbocycles. The summed E-state index contributed by atoms with van der Waals surface area (Å²) in [6.45, 7) is 0. The maximum atomic E-state index is 12.6. The topological polar surface area (TPSA) is 71.1 Å². The largest absolute Gasteiger partial charge is 0.346 e. The molecule has 2 aromatic heterocycles. The molecule has 4 rings (SSSR count). The van der Waals surface area contributed by atoms with Crippen LogP contribution in [0.5, 0.6) is 0 Å². The lowest BCUT2D eigenvalue weighted by atomic mass is 9.71. The van der Waals surface area contributed by atoms with Crippen LogP contribution >= 0.6 is 22.7 Å². The lowest BCUT2D eigenvalue weighted by Crippen LogP contribution is -2.51. The molecule has 1 saturated carbocycles. The van der Waals surface area contributed by atoms with Gasteiger partial charge in [0.15, 0.2) is 5.13 Å². The molecule has 144 valence electrons. The fourth-order valence-electron chi connectivity index (χ4n) is 3.43. The van der Waals surface area contributed by atoms with Crippen LogP contribution in [0.25, 0.3) is 0 Å². The summed E-state index contributed by atoms with van der Waals surface area (Å²) in [4.78, 5) is 30.1. The van der Waals surface area contributed by atoms with Crippen molar-refractivity contribution in [1.29, 1.82) is 0 Å². The number of carbonyl (C=O) groups excluding carboxylic acids is 2. The zero-order valence-electron chi connectivity index (χ0n) is 15.3. The highest BCUT2D eigenvalue weighted by molar-refractivity contribution is 7.14. The van der Waals surface area contributed by atoms with Gasteiger partial charge in [-0.05, 0) is 36.3 Å². The average Bonchev–Trinajstić information content (AvgIpc) is 3.31. The van der Waals surface area contributed by atoms with Crippen molar-refractivity contribution in [2.45, 2.75) is 37.6 Å². The number of anilines is 1. The molecule has 1 fully saturated rings. The zero-order valence-corrected chi connectivity index (χ0v) is 16.9. The summed E-state index contributed by atoms with van der Waals surface area (Å²) in [5.74, 6) is -0.129. The molecule has 0 radical (unpaired) electrons. The Hall–Kier alpha value is -2.51. The second kappa shape index (κ2) is 8.24. The first kappa shape index (κ1) is 18.8. The third-order valence-corrected chi connectivity index (χ3v) is 6.65. The first-order valence-electron chi connectivity index (χ1n) is 9.26. The minimum absolute atomic E-state index is 0.0367. The molecular formula is C21H21N3O2S2. The minimum Gasteiger partial charge on any atom is -0.346 e. The minimum atomic E-state index is -0.244. The van der Waals surface area contributed by atoms with Crippen LogP contribution in [0.15, 0.2) is 53.2 Å². The van der Waals surface area contributed by atoms with E-state index in [0.717, 1.165) is 29.7 Å². The SMILES string of the molecule is O=C(Cc1cccs1)Nc1nc(CC(=O)NC2(c3ccccc3)CCC2)cs1. The van der Waals surface area contributed by atoms with Crippen LogP contribution in [0, 0.1) is 0 Å². The number of aromatic nitrogens is 1. The quantitative estimate of drug-likeness (QED) is 0.614. The average molecular weight is 412 g/mol. The summed E-state index contributed by atoms with van der Waals surface area (Å²) < 4.78 is 0. The fourth-order valence-corrected chi connectivity index (χ4v) is 4.86. The van der Waals surface area contributed by atoms with Gasteiger partial charge in [0.2, 0.25) is 11.8 Å². The Morgan fingerprint density at radius 3 is 2.50 bits per heavy atom. The van der Waals surface area contributed by atoms with Crippen molar-refractivity contribution < 1.29 is 9.59 Å². The lowest BCUT2D eigenvalue weighted by molar-refractivity contribution is -0.123. The van der Waals surface area contributed by atoms with Gasteiger partial charge in [0, 0.05) is 10.3 Å². The van der Waals surface area contributed by atoms with Gasteiger partial charge in [-0.15, -0.1) is 22.7 Å². The molecule has 1 aliphatic carbocycles. The Labute approximate surface area is 171 Å². The first-order valence-corrected chi connectivity index (χ1v) is 11.0. The van der Waals surface area contributed by atoms with E-state index in [1.54, 1.807) is 11.3 Å². The van der Waals surface area contributed by atoms with E-state index in [-0.39, 0.29) is 23.8 Å². The molecule has 0 bridgehead atoms. The van der Waals surface area contributed by atoms with E-state index in [0.29, 0.717) is 17.2 Å². The number of thiazole rings is 1. The summed E-state index contributed by atoms with van der Waals surface area (Å²) in [6.07, 6.45) is 3.60. The molecule has 0 aliphatic heterocycles. The van der Waals surface area contributed by atoms with E-state index in [2.05, 4.69) is 27.8 Å². The number of rotatable bonds is 7. The van der Waals surface area contributed by atoms with Crippen LogP contribution in [-0.2, 0) is 28.0 Å². The predicted molar refractivity (Wildman–Crippen MR) is 113 cm³/mol. The lowest BCUT2D eigenvalue weighted by Gasteiger charge is -2.43. The molecule has 0 atom stereocenters. The first-order chi connectivity index (χ1) is 13.6. The van der Waals surface area contributed by atoms with Gasteiger partial charge in [-0.2, -0.15) is 0 Å². The number of amides is 2. The van der Waals surface area contributed by atoms with Crippen LogP contribution in [0.3, 0.4) is 0 Å². The van der Waals surface area contributed by atoms with E-state index in [1.807, 2.05) is 41.1 Å². The fraction of sp³-hybridized carbons (Fsp3) is 0.286. The predicted octanol–water partition coefficient (Wildman–Crippen LogP) is 4.12. The highest BCUT2D eigenvalue weighted by atomic mass is 32.1. The standard InChI is InChI=1S/C21H21N3O2S2/c25-18(13-17-8-4-11-27-17)23-20-22-16(14-28-20)12-19(26)24-21(9-5-10-21)15-6-2-1-3-7-15/h1-4,6-8,11,14H,5,9-10,12-13H2,(H,24,26)(H,22,23,25). The van der Waals surface area contributed by atoms with E-state index in [1.165, 1.54) is 11.3 Å². The van der Waals surface area contributed by atoms with Crippen molar-refractivity contribution in [3.8, 4) is 0 Å². The number of nitrogens with zero attached hydrogens (tertiary/aromatic N) is 1. The van der Waals surface area contributed by atoms with Crippen molar-refractivity contribution in [2.24, 2.45) is 0 Å². The maximum Gasteiger partial charge on any atom is 0.231 e. The normalized spacial score (nSPS) is 14.9. The van der Waals surface area contributed by atoms with Crippen LogP contribution < -0.4 is 10.6 Å². The number of carbonyl (C=O) groups is 2. The monoisotopic (exact) mass is 411 g/mol. The van der Waals surface area contributed by atoms with E-state index in [9.17, 15) is 9.59 Å². The Morgan fingerprint density at radius 1 is 1.00 bits per heavy atom. The van der Waals surface area contributed by atoms with Crippen molar-refractivity contribution in [2.75, 3.05) is 5.32 Å². The molecule has 0 unspecified atom stereocenters. The summed E-state index contributed by atoms with van der Waals surface area (Å²) in [5, 5.41) is 10.3. The highest BCUT2D eigenvalue weighted by Crippen LogP contribution is 2.41. The smallest absolute Gasteiger partial charge is 0.231 e. The highest BCUT2D eigenvalue weighted by Gasteiger charge is 2.39. The molecule has 0 spiro atoms. The van der Waals surface area contributed by atoms with Gasteiger partial charge in [-0.1, -0.05) is 36.4 Å². The Morgan fingerprint density at radius 2 is 1.82 bits per heavy atom. The van der Waals surface area contributed by atoms with Gasteiger partial charge in [0.1, 0.15) is 0 Å². The van der Waals surface area contributed by atoms with E-state index in [4.69, 9.17) is 0 Å². The Bertz CT molecular complexity index is 947. The second-order valence-corrected chi connectivity index (χ2v) is 8.87. The van der Waals surface area contributed by atoms with Gasteiger partial charge in [-0.25, -0.2) is 4.98 Å². The molecule has 28 heavy (non-hydrogen) atoms. The number of hydrogen-bond acceptors (Lipinski definition) is 5. The van der Waals surface area contributed by atoms with Crippen LogP contribution in [0.4, 0.5) is 5.13 Å². The number of nitrogens with one attached hydrogen (secondary N) is 2. The van der Waals surface area contributed by atoms with E-state index < -0.39 is 0 Å². The summed E-state index contributed by atoms with van der Waals surface area (Å²) in [6, 6.07) is 14.0. The third kappa shape index (κ3) is 4.31. The molecule has 0 saturated heterocycles. The van der Waals surface area contributed by atoms with Crippen molar-refractivity contribution in [3.63, 3.8) is 0 Å². The van der Waals surface area contributed by atoms with Gasteiger partial charge in [0.25, 0.3) is 0 Å². The summed E-state index contributed by atoms with van der Waals surface area (Å²) in [7, 11) is 0. The number of hydrogen-bond donors (Lipinski definition) is 2. The second-order valence-electron chi connectivity index (χ2n) is 6.97. The Kier molecular flexibility index (Phi) is 5.54. The van der Waals surface area contributed by atoms with Gasteiger partial charge < -0.3 is 10.6 Å². The van der Waals surface area contributed by atoms with Crippen LogP contribution in [0.1, 0.15) is 35.4 Å². The van der Waals surface area contributed by atoms with Gasteiger partial charge >= 0.3 is 0 Å². The summed E-state index contributed by atoms with van der Waals surface area (Å²) >= 11 is 2.90. The molecular weight excluding hydrogens is 390 g/mol. The Balaban J connectivity index is 1.33. The molecule has 2 N–H and O–H groups in total. The molecule has 3 aromatic rings. The van der Waals surface area contributed by atoms with Gasteiger partial charge in [-0.3, -0.25) is 9.59 Å². The molecule has 7 heteroatoms. The van der Waals surface area contributed by atoms with Crippen molar-refractivity contribution in [3.05, 3.63) is 69.4 Å². The number of thiophene rings is 1. The van der Waals surface area contributed by atoms with Crippen molar-refractivity contribution in [1.82, 2.24) is 10.3 Å². The van der Waals surface area contributed by atoms with Crippen LogP contribution in [-0.4, -0.2) is 16.8 Å². The molecule has 1 aliphatic rings. The molecule has 5 nitrogen and oxygen atoms in total. The van der Waals surface area contributed by atoms with E-state index >= 15 is 0 Å². The number of benzene rings is 1.